The third-order valence-electron chi connectivity index (χ3n) is 4.99. The SMILES string of the molecule is Cc1cc(C(=O)N2CCN(Cc3ccc(C(F)(F)F)cc3)CC2)ccc1[N+](=O)[O-]. The number of alkyl halides is 3. The quantitative estimate of drug-likeness (QED) is 0.570. The van der Waals surface area contributed by atoms with Gasteiger partial charge in [0.2, 0.25) is 0 Å². The second-order valence-corrected chi connectivity index (χ2v) is 7.02. The molecule has 0 radical (unpaired) electrons. The Morgan fingerprint density at radius 1 is 1.07 bits per heavy atom. The van der Waals surface area contributed by atoms with Crippen LogP contribution in [0, 0.1) is 17.0 Å². The van der Waals surface area contributed by atoms with Gasteiger partial charge in [0.25, 0.3) is 11.6 Å². The topological polar surface area (TPSA) is 66.7 Å². The number of carbonyl (C=O) groups excluding carboxylic acids is 1. The van der Waals surface area contributed by atoms with E-state index in [2.05, 4.69) is 4.90 Å². The Balaban J connectivity index is 1.57. The third kappa shape index (κ3) is 4.92. The number of nitrogens with zero attached hydrogens (tertiary/aromatic N) is 3. The van der Waals surface area contributed by atoms with Crippen LogP contribution in [-0.2, 0) is 12.7 Å². The molecule has 1 saturated heterocycles. The molecular formula is C20H20F3N3O3. The van der Waals surface area contributed by atoms with Gasteiger partial charge in [-0.2, -0.15) is 13.2 Å². The minimum atomic E-state index is -4.35. The summed E-state index contributed by atoms with van der Waals surface area (Å²) in [5.41, 5.74) is 0.924. The molecule has 29 heavy (non-hydrogen) atoms. The van der Waals surface area contributed by atoms with E-state index in [4.69, 9.17) is 0 Å². The van der Waals surface area contributed by atoms with Crippen molar-refractivity contribution in [2.75, 3.05) is 26.2 Å². The highest BCUT2D eigenvalue weighted by atomic mass is 19.4. The molecule has 6 nitrogen and oxygen atoms in total. The number of rotatable bonds is 4. The van der Waals surface area contributed by atoms with E-state index in [0.717, 1.165) is 17.7 Å². The molecule has 0 bridgehead atoms. The Labute approximate surface area is 165 Å². The molecule has 1 fully saturated rings. The summed E-state index contributed by atoms with van der Waals surface area (Å²) in [4.78, 5) is 26.8. The summed E-state index contributed by atoms with van der Waals surface area (Å²) < 4.78 is 37.9. The van der Waals surface area contributed by atoms with Crippen LogP contribution in [0.2, 0.25) is 0 Å². The van der Waals surface area contributed by atoms with Crippen LogP contribution < -0.4 is 0 Å². The van der Waals surface area contributed by atoms with Gasteiger partial charge in [-0.05, 0) is 36.8 Å². The average molecular weight is 407 g/mol. The molecule has 1 aliphatic heterocycles. The van der Waals surface area contributed by atoms with E-state index in [1.54, 1.807) is 11.8 Å². The van der Waals surface area contributed by atoms with E-state index >= 15 is 0 Å². The molecule has 9 heteroatoms. The van der Waals surface area contributed by atoms with Gasteiger partial charge < -0.3 is 4.90 Å². The van der Waals surface area contributed by atoms with Crippen molar-refractivity contribution in [3.05, 3.63) is 74.8 Å². The van der Waals surface area contributed by atoms with Crippen LogP contribution in [-0.4, -0.2) is 46.8 Å². The molecule has 0 spiro atoms. The standard InChI is InChI=1S/C20H20F3N3O3/c1-14-12-16(4-7-18(14)26(28)29)19(27)25-10-8-24(9-11-25)13-15-2-5-17(6-3-15)20(21,22)23/h2-7,12H,8-11,13H2,1H3. The molecule has 1 amide bonds. The van der Waals surface area contributed by atoms with Crippen LogP contribution in [0.25, 0.3) is 0 Å². The van der Waals surface area contributed by atoms with Crippen LogP contribution in [0.4, 0.5) is 18.9 Å². The maximum atomic E-state index is 12.7. The van der Waals surface area contributed by atoms with Crippen molar-refractivity contribution < 1.29 is 22.9 Å². The Hall–Kier alpha value is -2.94. The van der Waals surface area contributed by atoms with Crippen molar-refractivity contribution in [1.82, 2.24) is 9.80 Å². The minimum Gasteiger partial charge on any atom is -0.336 e. The Bertz CT molecular complexity index is 905. The van der Waals surface area contributed by atoms with Crippen molar-refractivity contribution in [2.24, 2.45) is 0 Å². The number of halogens is 3. The van der Waals surface area contributed by atoms with E-state index < -0.39 is 16.7 Å². The van der Waals surface area contributed by atoms with Crippen molar-refractivity contribution in [2.45, 2.75) is 19.6 Å². The molecule has 2 aromatic rings. The number of benzene rings is 2. The minimum absolute atomic E-state index is 0.0251. The fraction of sp³-hybridized carbons (Fsp3) is 0.350. The van der Waals surface area contributed by atoms with Crippen LogP contribution in [0.15, 0.2) is 42.5 Å². The lowest BCUT2D eigenvalue weighted by Gasteiger charge is -2.34. The lowest BCUT2D eigenvalue weighted by molar-refractivity contribution is -0.385. The molecule has 154 valence electrons. The van der Waals surface area contributed by atoms with Gasteiger partial charge in [0.15, 0.2) is 0 Å². The number of amides is 1. The van der Waals surface area contributed by atoms with Crippen LogP contribution in [0.5, 0.6) is 0 Å². The molecule has 3 rings (SSSR count). The molecule has 0 aliphatic carbocycles. The first-order chi connectivity index (χ1) is 13.6. The van der Waals surface area contributed by atoms with Crippen LogP contribution >= 0.6 is 0 Å². The fourth-order valence-corrected chi connectivity index (χ4v) is 3.34. The molecule has 1 heterocycles. The van der Waals surface area contributed by atoms with Crippen molar-refractivity contribution in [3.63, 3.8) is 0 Å². The van der Waals surface area contributed by atoms with E-state index in [1.165, 1.54) is 30.3 Å². The first-order valence-electron chi connectivity index (χ1n) is 9.08. The second-order valence-electron chi connectivity index (χ2n) is 7.02. The number of hydrogen-bond acceptors (Lipinski definition) is 4. The van der Waals surface area contributed by atoms with Gasteiger partial charge in [0.05, 0.1) is 10.5 Å². The molecule has 2 aromatic carbocycles. The van der Waals surface area contributed by atoms with Crippen molar-refractivity contribution in [1.29, 1.82) is 0 Å². The Kier molecular flexibility index (Phi) is 5.88. The van der Waals surface area contributed by atoms with E-state index in [-0.39, 0.29) is 11.6 Å². The number of nitro groups is 1. The van der Waals surface area contributed by atoms with Gasteiger partial charge in [-0.15, -0.1) is 0 Å². The molecule has 0 aromatic heterocycles. The van der Waals surface area contributed by atoms with E-state index in [0.29, 0.717) is 43.9 Å². The fourth-order valence-electron chi connectivity index (χ4n) is 3.34. The first-order valence-corrected chi connectivity index (χ1v) is 9.08. The average Bonchev–Trinajstić information content (AvgIpc) is 2.67. The summed E-state index contributed by atoms with van der Waals surface area (Å²) in [6.45, 7) is 4.26. The predicted molar refractivity (Wildman–Crippen MR) is 100 cm³/mol. The maximum absolute atomic E-state index is 12.7. The summed E-state index contributed by atoms with van der Waals surface area (Å²) in [5, 5.41) is 10.9. The summed E-state index contributed by atoms with van der Waals surface area (Å²) >= 11 is 0. The molecule has 0 saturated carbocycles. The molecule has 0 atom stereocenters. The zero-order chi connectivity index (χ0) is 21.2. The third-order valence-corrected chi connectivity index (χ3v) is 4.99. The summed E-state index contributed by atoms with van der Waals surface area (Å²) in [6.07, 6.45) is -4.35. The summed E-state index contributed by atoms with van der Waals surface area (Å²) in [6, 6.07) is 9.42. The largest absolute Gasteiger partial charge is 0.416 e. The van der Waals surface area contributed by atoms with Crippen molar-refractivity contribution >= 4 is 11.6 Å². The number of piperazine rings is 1. The van der Waals surface area contributed by atoms with Gasteiger partial charge in [-0.25, -0.2) is 0 Å². The van der Waals surface area contributed by atoms with E-state index in [9.17, 15) is 28.1 Å². The van der Waals surface area contributed by atoms with Gasteiger partial charge in [-0.3, -0.25) is 19.8 Å². The maximum Gasteiger partial charge on any atom is 0.416 e. The number of aryl methyl sites for hydroxylation is 1. The lowest BCUT2D eigenvalue weighted by Crippen LogP contribution is -2.48. The number of nitro benzene ring substituents is 1. The zero-order valence-electron chi connectivity index (χ0n) is 15.8. The molecule has 1 aliphatic rings. The number of carbonyl (C=O) groups is 1. The van der Waals surface area contributed by atoms with Crippen molar-refractivity contribution in [3.8, 4) is 0 Å². The number of hydrogen-bond donors (Lipinski definition) is 0. The molecule has 0 unspecified atom stereocenters. The highest BCUT2D eigenvalue weighted by molar-refractivity contribution is 5.94. The Morgan fingerprint density at radius 2 is 1.69 bits per heavy atom. The smallest absolute Gasteiger partial charge is 0.336 e. The first kappa shape index (κ1) is 20.8. The second kappa shape index (κ2) is 8.20. The normalized spacial score (nSPS) is 15.4. The lowest BCUT2D eigenvalue weighted by atomic mass is 10.1. The van der Waals surface area contributed by atoms with Gasteiger partial charge in [-0.1, -0.05) is 12.1 Å². The highest BCUT2D eigenvalue weighted by Gasteiger charge is 2.30. The predicted octanol–water partition coefficient (Wildman–Crippen LogP) is 3.88. The van der Waals surface area contributed by atoms with Gasteiger partial charge in [0, 0.05) is 49.9 Å². The van der Waals surface area contributed by atoms with E-state index in [1.807, 2.05) is 0 Å². The zero-order valence-corrected chi connectivity index (χ0v) is 15.8. The summed E-state index contributed by atoms with van der Waals surface area (Å²) in [5.74, 6) is -0.183. The molecule has 0 N–H and O–H groups in total. The summed E-state index contributed by atoms with van der Waals surface area (Å²) in [7, 11) is 0. The van der Waals surface area contributed by atoms with Gasteiger partial charge >= 0.3 is 6.18 Å². The van der Waals surface area contributed by atoms with Crippen LogP contribution in [0.3, 0.4) is 0 Å². The highest BCUT2D eigenvalue weighted by Crippen LogP contribution is 2.29. The monoisotopic (exact) mass is 407 g/mol. The van der Waals surface area contributed by atoms with Crippen LogP contribution in [0.1, 0.15) is 27.0 Å². The molecular weight excluding hydrogens is 387 g/mol. The van der Waals surface area contributed by atoms with Gasteiger partial charge in [0.1, 0.15) is 0 Å². The Morgan fingerprint density at radius 3 is 2.21 bits per heavy atom.